The molecule has 0 saturated carbocycles. The predicted molar refractivity (Wildman–Crippen MR) is 103 cm³/mol. The summed E-state index contributed by atoms with van der Waals surface area (Å²) in [5, 5.41) is 0. The van der Waals surface area contributed by atoms with E-state index < -0.39 is 0 Å². The van der Waals surface area contributed by atoms with E-state index in [9.17, 15) is 0 Å². The molecule has 1 aromatic carbocycles. The van der Waals surface area contributed by atoms with Crippen molar-refractivity contribution in [2.75, 3.05) is 13.3 Å². The monoisotopic (exact) mass is 378 g/mol. The molecule has 4 heterocycles. The summed E-state index contributed by atoms with van der Waals surface area (Å²) in [5.74, 6) is 1.56. The second-order valence-corrected chi connectivity index (χ2v) is 7.16. The zero-order valence-electron chi connectivity index (χ0n) is 14.6. The van der Waals surface area contributed by atoms with Crippen LogP contribution in [-0.4, -0.2) is 33.2 Å². The smallest absolute Gasteiger partial charge is 0.231 e. The van der Waals surface area contributed by atoms with Crippen molar-refractivity contribution in [3.63, 3.8) is 0 Å². The Morgan fingerprint density at radius 3 is 2.89 bits per heavy atom. The van der Waals surface area contributed by atoms with Gasteiger partial charge >= 0.3 is 0 Å². The van der Waals surface area contributed by atoms with E-state index >= 15 is 0 Å². The van der Waals surface area contributed by atoms with Crippen LogP contribution in [0, 0.1) is 4.77 Å². The Morgan fingerprint density at radius 1 is 1.07 bits per heavy atom. The number of hydrogen-bond acceptors (Lipinski definition) is 6. The predicted octanol–water partition coefficient (Wildman–Crippen LogP) is 3.49. The van der Waals surface area contributed by atoms with Crippen LogP contribution in [0.4, 0.5) is 0 Å². The SMILES string of the molecule is S=c1ncc2c([nH]1)CCN(Cc1ccc(-c3ccc4c(c3)OCO4)nc1)C2. The number of ether oxygens (including phenoxy) is 2. The lowest BCUT2D eigenvalue weighted by atomic mass is 10.1. The highest BCUT2D eigenvalue weighted by Crippen LogP contribution is 2.35. The summed E-state index contributed by atoms with van der Waals surface area (Å²) in [5.41, 5.74) is 5.58. The Labute approximate surface area is 161 Å². The number of hydrogen-bond donors (Lipinski definition) is 1. The molecule has 2 aliphatic heterocycles. The standard InChI is InChI=1S/C20H18N4O2S/c27-20-22-9-15-11-24(6-5-17(15)23-20)10-13-1-3-16(21-8-13)14-2-4-18-19(7-14)26-12-25-18/h1-4,7-9H,5-6,10-12H2,(H,22,23,27). The van der Waals surface area contributed by atoms with E-state index in [1.807, 2.05) is 30.6 Å². The van der Waals surface area contributed by atoms with Gasteiger partial charge in [0.05, 0.1) is 5.69 Å². The summed E-state index contributed by atoms with van der Waals surface area (Å²) < 4.78 is 11.4. The number of fused-ring (bicyclic) bond motifs is 2. The minimum absolute atomic E-state index is 0.283. The number of aromatic amines is 1. The number of aromatic nitrogens is 3. The molecule has 0 amide bonds. The van der Waals surface area contributed by atoms with E-state index in [1.165, 1.54) is 16.8 Å². The third-order valence-electron chi connectivity index (χ3n) is 4.95. The van der Waals surface area contributed by atoms with Crippen LogP contribution in [-0.2, 0) is 19.5 Å². The van der Waals surface area contributed by atoms with Gasteiger partial charge in [0, 0.05) is 55.3 Å². The molecule has 2 aliphatic rings. The second kappa shape index (κ2) is 6.75. The summed E-state index contributed by atoms with van der Waals surface area (Å²) in [6, 6.07) is 10.1. The number of H-pyrrole nitrogens is 1. The van der Waals surface area contributed by atoms with Gasteiger partial charge in [0.15, 0.2) is 16.3 Å². The maximum absolute atomic E-state index is 5.45. The average molecular weight is 378 g/mol. The van der Waals surface area contributed by atoms with Crippen molar-refractivity contribution in [1.29, 1.82) is 0 Å². The summed E-state index contributed by atoms with van der Waals surface area (Å²) >= 11 is 5.11. The van der Waals surface area contributed by atoms with Gasteiger partial charge in [0.2, 0.25) is 6.79 Å². The summed E-state index contributed by atoms with van der Waals surface area (Å²) in [7, 11) is 0. The highest BCUT2D eigenvalue weighted by atomic mass is 32.1. The molecule has 0 aliphatic carbocycles. The van der Waals surface area contributed by atoms with Gasteiger partial charge in [-0.25, -0.2) is 4.98 Å². The minimum Gasteiger partial charge on any atom is -0.454 e. The summed E-state index contributed by atoms with van der Waals surface area (Å²) in [4.78, 5) is 14.4. The molecular formula is C20H18N4O2S. The Morgan fingerprint density at radius 2 is 2.00 bits per heavy atom. The lowest BCUT2D eigenvalue weighted by molar-refractivity contribution is 0.174. The molecule has 0 atom stereocenters. The maximum Gasteiger partial charge on any atom is 0.231 e. The molecule has 1 N–H and O–H groups in total. The number of pyridine rings is 1. The Bertz CT molecular complexity index is 1050. The number of nitrogens with one attached hydrogen (secondary N) is 1. The fourth-order valence-electron chi connectivity index (χ4n) is 3.54. The van der Waals surface area contributed by atoms with Gasteiger partial charge in [-0.3, -0.25) is 9.88 Å². The van der Waals surface area contributed by atoms with Crippen LogP contribution >= 0.6 is 12.2 Å². The molecule has 0 saturated heterocycles. The van der Waals surface area contributed by atoms with Gasteiger partial charge in [0.25, 0.3) is 0 Å². The molecule has 6 nitrogen and oxygen atoms in total. The highest BCUT2D eigenvalue weighted by Gasteiger charge is 2.18. The van der Waals surface area contributed by atoms with Crippen LogP contribution < -0.4 is 9.47 Å². The van der Waals surface area contributed by atoms with Crippen molar-refractivity contribution in [2.24, 2.45) is 0 Å². The van der Waals surface area contributed by atoms with E-state index in [2.05, 4.69) is 32.0 Å². The van der Waals surface area contributed by atoms with Gasteiger partial charge in [-0.05, 0) is 42.0 Å². The van der Waals surface area contributed by atoms with Gasteiger partial charge in [-0.15, -0.1) is 0 Å². The largest absolute Gasteiger partial charge is 0.454 e. The highest BCUT2D eigenvalue weighted by molar-refractivity contribution is 7.71. The molecule has 0 radical (unpaired) electrons. The molecular weight excluding hydrogens is 360 g/mol. The lowest BCUT2D eigenvalue weighted by Gasteiger charge is -2.28. The second-order valence-electron chi connectivity index (χ2n) is 6.77. The lowest BCUT2D eigenvalue weighted by Crippen LogP contribution is -2.30. The van der Waals surface area contributed by atoms with Crippen molar-refractivity contribution < 1.29 is 9.47 Å². The summed E-state index contributed by atoms with van der Waals surface area (Å²) in [6.07, 6.45) is 4.80. The minimum atomic E-state index is 0.283. The van der Waals surface area contributed by atoms with Gasteiger partial charge in [-0.1, -0.05) is 6.07 Å². The Balaban J connectivity index is 1.30. The molecule has 0 fully saturated rings. The van der Waals surface area contributed by atoms with Gasteiger partial charge in [0.1, 0.15) is 0 Å². The van der Waals surface area contributed by atoms with Crippen LogP contribution in [0.2, 0.25) is 0 Å². The van der Waals surface area contributed by atoms with E-state index in [-0.39, 0.29) is 6.79 Å². The molecule has 0 spiro atoms. The number of rotatable bonds is 3. The van der Waals surface area contributed by atoms with Crippen molar-refractivity contribution in [3.8, 4) is 22.8 Å². The van der Waals surface area contributed by atoms with Crippen LogP contribution in [0.1, 0.15) is 16.8 Å². The number of benzene rings is 1. The Kier molecular flexibility index (Phi) is 4.10. The van der Waals surface area contributed by atoms with Crippen molar-refractivity contribution in [1.82, 2.24) is 19.9 Å². The van der Waals surface area contributed by atoms with Crippen LogP contribution in [0.25, 0.3) is 11.3 Å². The first-order valence-corrected chi connectivity index (χ1v) is 9.30. The zero-order valence-corrected chi connectivity index (χ0v) is 15.5. The average Bonchev–Trinajstić information content (AvgIpc) is 3.16. The third kappa shape index (κ3) is 3.31. The molecule has 0 bridgehead atoms. The molecule has 27 heavy (non-hydrogen) atoms. The van der Waals surface area contributed by atoms with Crippen molar-refractivity contribution in [2.45, 2.75) is 19.5 Å². The van der Waals surface area contributed by atoms with Crippen molar-refractivity contribution >= 4 is 12.2 Å². The van der Waals surface area contributed by atoms with E-state index in [4.69, 9.17) is 21.7 Å². The topological polar surface area (TPSA) is 63.3 Å². The first-order valence-electron chi connectivity index (χ1n) is 8.89. The number of nitrogens with zero attached hydrogens (tertiary/aromatic N) is 3. The normalized spacial score (nSPS) is 15.6. The zero-order chi connectivity index (χ0) is 18.2. The van der Waals surface area contributed by atoms with E-state index in [0.717, 1.165) is 48.8 Å². The molecule has 7 heteroatoms. The first-order chi connectivity index (χ1) is 13.2. The van der Waals surface area contributed by atoms with E-state index in [1.54, 1.807) is 0 Å². The molecule has 136 valence electrons. The van der Waals surface area contributed by atoms with Gasteiger partial charge in [-0.2, -0.15) is 0 Å². The van der Waals surface area contributed by atoms with Crippen LogP contribution in [0.5, 0.6) is 11.5 Å². The summed E-state index contributed by atoms with van der Waals surface area (Å²) in [6.45, 7) is 3.01. The molecule has 0 unspecified atom stereocenters. The molecule has 3 aromatic rings. The third-order valence-corrected chi connectivity index (χ3v) is 5.16. The fraction of sp³-hybridized carbons (Fsp3) is 0.250. The molecule has 5 rings (SSSR count). The fourth-order valence-corrected chi connectivity index (χ4v) is 3.72. The Hall–Kier alpha value is -2.77. The van der Waals surface area contributed by atoms with Crippen LogP contribution in [0.3, 0.4) is 0 Å². The first kappa shape index (κ1) is 16.4. The quantitative estimate of drug-likeness (QED) is 0.704. The van der Waals surface area contributed by atoms with Crippen molar-refractivity contribution in [3.05, 3.63) is 64.3 Å². The van der Waals surface area contributed by atoms with Gasteiger partial charge < -0.3 is 14.5 Å². The van der Waals surface area contributed by atoms with Crippen LogP contribution in [0.15, 0.2) is 42.7 Å². The maximum atomic E-state index is 5.45. The van der Waals surface area contributed by atoms with E-state index in [0.29, 0.717) is 4.77 Å². The molecule has 2 aromatic heterocycles.